The topological polar surface area (TPSA) is 16.4 Å². The Morgan fingerprint density at radius 2 is 0.710 bits per heavy atom. The Hall–Kier alpha value is -8.20. The molecule has 0 amide bonds. The number of furan rings is 1. The largest absolute Gasteiger partial charge is 0.455 e. The van der Waals surface area contributed by atoms with E-state index in [9.17, 15) is 0 Å². The predicted molar refractivity (Wildman–Crippen MR) is 264 cm³/mol. The Kier molecular flexibility index (Phi) is 8.53. The second-order valence-corrected chi connectivity index (χ2v) is 16.0. The molecule has 1 aromatic heterocycles. The molecule has 0 aliphatic carbocycles. The van der Waals surface area contributed by atoms with Gasteiger partial charge in [-0.3, -0.25) is 0 Å². The summed E-state index contributed by atoms with van der Waals surface area (Å²) in [7, 11) is 0. The van der Waals surface area contributed by atoms with Crippen LogP contribution in [-0.2, 0) is 0 Å². The number of nitrogens with zero attached hydrogens (tertiary/aromatic N) is 1. The molecule has 0 saturated carbocycles. The molecule has 0 N–H and O–H groups in total. The van der Waals surface area contributed by atoms with E-state index in [0.29, 0.717) is 0 Å². The van der Waals surface area contributed by atoms with E-state index in [-0.39, 0.29) is 0 Å². The summed E-state index contributed by atoms with van der Waals surface area (Å²) in [6.45, 7) is 0. The quantitative estimate of drug-likeness (QED) is 0.173. The summed E-state index contributed by atoms with van der Waals surface area (Å²) in [4.78, 5) is 2.42. The van der Waals surface area contributed by atoms with Crippen molar-refractivity contribution >= 4 is 92.9 Å². The standard InChI is InChI=1S/C60H39NO/c1-3-17-40(18-4-1)41-31-33-43(34-32-41)61(57-29-15-13-21-45(57)42-19-5-2-6-20-42)44-35-36-51-54-37-38-55-52-27-14-16-30-58(52)62-60(55)59(54)53-28-12-11-25-49(53)47-23-8-7-22-46(47)48-24-9-10-26-50(48)56(51)39-44/h1-39H. The van der Waals surface area contributed by atoms with Crippen LogP contribution in [0.3, 0.4) is 0 Å². The minimum absolute atomic E-state index is 0.887. The van der Waals surface area contributed by atoms with Gasteiger partial charge in [-0.15, -0.1) is 0 Å². The summed E-state index contributed by atoms with van der Waals surface area (Å²) in [5, 5.41) is 13.8. The van der Waals surface area contributed by atoms with Gasteiger partial charge in [0, 0.05) is 33.1 Å². The Balaban J connectivity index is 1.24. The molecule has 11 aromatic carbocycles. The van der Waals surface area contributed by atoms with Crippen molar-refractivity contribution in [3.05, 3.63) is 237 Å². The first-order chi connectivity index (χ1) is 30.8. The van der Waals surface area contributed by atoms with Crippen molar-refractivity contribution in [2.75, 3.05) is 4.90 Å². The molecule has 2 heteroatoms. The van der Waals surface area contributed by atoms with Gasteiger partial charge in [0.15, 0.2) is 0 Å². The molecule has 0 unspecified atom stereocenters. The fourth-order valence-corrected chi connectivity index (χ4v) is 9.64. The molecule has 0 saturated heterocycles. The van der Waals surface area contributed by atoms with Gasteiger partial charge in [-0.2, -0.15) is 0 Å². The van der Waals surface area contributed by atoms with E-state index in [1.54, 1.807) is 0 Å². The van der Waals surface area contributed by atoms with Gasteiger partial charge in [0.05, 0.1) is 5.69 Å². The van der Waals surface area contributed by atoms with Gasteiger partial charge in [0.25, 0.3) is 0 Å². The molecular formula is C60H39NO. The van der Waals surface area contributed by atoms with Crippen LogP contribution >= 0.6 is 0 Å². The van der Waals surface area contributed by atoms with E-state index in [2.05, 4.69) is 241 Å². The van der Waals surface area contributed by atoms with Crippen molar-refractivity contribution in [3.8, 4) is 22.3 Å². The van der Waals surface area contributed by atoms with Crippen LogP contribution in [0.15, 0.2) is 241 Å². The number of fused-ring (bicyclic) bond motifs is 14. The van der Waals surface area contributed by atoms with Crippen molar-refractivity contribution < 1.29 is 4.42 Å². The Morgan fingerprint density at radius 1 is 0.274 bits per heavy atom. The first-order valence-corrected chi connectivity index (χ1v) is 21.3. The SMILES string of the molecule is c1ccc(-c2ccc(N(c3ccc4c(c3)c3ccccc3c3ccccc3c3ccccc3c3c4ccc4c5ccccc5oc43)c3ccccc3-c3ccccc3)cc2)cc1. The van der Waals surface area contributed by atoms with E-state index < -0.39 is 0 Å². The van der Waals surface area contributed by atoms with E-state index in [1.807, 2.05) is 0 Å². The lowest BCUT2D eigenvalue weighted by Crippen LogP contribution is -2.11. The predicted octanol–water partition coefficient (Wildman–Crippen LogP) is 17.3. The van der Waals surface area contributed by atoms with Crippen LogP contribution in [0.1, 0.15) is 0 Å². The molecule has 0 radical (unpaired) electrons. The zero-order valence-corrected chi connectivity index (χ0v) is 33.9. The Morgan fingerprint density at radius 3 is 1.39 bits per heavy atom. The van der Waals surface area contributed by atoms with Gasteiger partial charge in [0.1, 0.15) is 11.2 Å². The van der Waals surface area contributed by atoms with Crippen LogP contribution in [-0.4, -0.2) is 0 Å². The molecular weight excluding hydrogens is 751 g/mol. The van der Waals surface area contributed by atoms with Crippen LogP contribution < -0.4 is 4.90 Å². The summed E-state index contributed by atoms with van der Waals surface area (Å²) < 4.78 is 6.91. The fraction of sp³-hybridized carbons (Fsp3) is 0. The minimum Gasteiger partial charge on any atom is -0.455 e. The Bertz CT molecular complexity index is 3740. The zero-order valence-electron chi connectivity index (χ0n) is 33.9. The zero-order chi connectivity index (χ0) is 41.0. The Labute approximate surface area is 359 Å². The monoisotopic (exact) mass is 789 g/mol. The fourth-order valence-electron chi connectivity index (χ4n) is 9.64. The summed E-state index contributed by atoms with van der Waals surface area (Å²) >= 11 is 0. The van der Waals surface area contributed by atoms with Crippen molar-refractivity contribution in [2.45, 2.75) is 0 Å². The van der Waals surface area contributed by atoms with E-state index in [0.717, 1.165) is 77.1 Å². The maximum absolute atomic E-state index is 6.91. The van der Waals surface area contributed by atoms with Crippen molar-refractivity contribution in [3.63, 3.8) is 0 Å². The third kappa shape index (κ3) is 5.88. The molecule has 62 heavy (non-hydrogen) atoms. The van der Waals surface area contributed by atoms with Crippen LogP contribution in [0.5, 0.6) is 0 Å². The third-order valence-electron chi connectivity index (χ3n) is 12.5. The van der Waals surface area contributed by atoms with Crippen molar-refractivity contribution in [2.24, 2.45) is 0 Å². The summed E-state index contributed by atoms with van der Waals surface area (Å²) in [5.74, 6) is 0. The molecule has 290 valence electrons. The third-order valence-corrected chi connectivity index (χ3v) is 12.5. The number of hydrogen-bond donors (Lipinski definition) is 0. The molecule has 0 fully saturated rings. The van der Waals surface area contributed by atoms with Gasteiger partial charge < -0.3 is 9.32 Å². The highest BCUT2D eigenvalue weighted by Gasteiger charge is 2.20. The van der Waals surface area contributed by atoms with Crippen molar-refractivity contribution in [1.82, 2.24) is 0 Å². The molecule has 0 spiro atoms. The lowest BCUT2D eigenvalue weighted by atomic mass is 9.93. The molecule has 0 atom stereocenters. The first kappa shape index (κ1) is 35.7. The van der Waals surface area contributed by atoms with Gasteiger partial charge in [0.2, 0.25) is 0 Å². The second-order valence-electron chi connectivity index (χ2n) is 16.0. The van der Waals surface area contributed by atoms with Gasteiger partial charge >= 0.3 is 0 Å². The minimum atomic E-state index is 0.887. The van der Waals surface area contributed by atoms with Crippen LogP contribution in [0.2, 0.25) is 0 Å². The molecule has 12 rings (SSSR count). The number of anilines is 3. The summed E-state index contributed by atoms with van der Waals surface area (Å²) in [6.07, 6.45) is 0. The van der Waals surface area contributed by atoms with E-state index in [1.165, 1.54) is 38.1 Å². The van der Waals surface area contributed by atoms with E-state index >= 15 is 0 Å². The molecule has 12 aromatic rings. The van der Waals surface area contributed by atoms with Crippen molar-refractivity contribution in [1.29, 1.82) is 0 Å². The smallest absolute Gasteiger partial charge is 0.143 e. The molecule has 1 heterocycles. The maximum Gasteiger partial charge on any atom is 0.143 e. The molecule has 0 bridgehead atoms. The van der Waals surface area contributed by atoms with Gasteiger partial charge in [-0.25, -0.2) is 0 Å². The van der Waals surface area contributed by atoms with Gasteiger partial charge in [-0.1, -0.05) is 194 Å². The lowest BCUT2D eigenvalue weighted by molar-refractivity contribution is 0.673. The van der Waals surface area contributed by atoms with Gasteiger partial charge in [-0.05, 0) is 108 Å². The highest BCUT2D eigenvalue weighted by molar-refractivity contribution is 6.31. The van der Waals surface area contributed by atoms with Crippen LogP contribution in [0.4, 0.5) is 17.1 Å². The molecule has 0 aliphatic heterocycles. The average molecular weight is 790 g/mol. The second kappa shape index (κ2) is 14.8. The normalized spacial score (nSPS) is 11.5. The van der Waals surface area contributed by atoms with Crippen LogP contribution in [0.25, 0.3) is 98.1 Å². The summed E-state index contributed by atoms with van der Waals surface area (Å²) in [6, 6.07) is 85.7. The first-order valence-electron chi connectivity index (χ1n) is 21.3. The highest BCUT2D eigenvalue weighted by Crippen LogP contribution is 2.45. The van der Waals surface area contributed by atoms with E-state index in [4.69, 9.17) is 4.42 Å². The number of hydrogen-bond acceptors (Lipinski definition) is 2. The molecule has 2 nitrogen and oxygen atoms in total. The maximum atomic E-state index is 6.91. The highest BCUT2D eigenvalue weighted by atomic mass is 16.3. The number of para-hydroxylation sites is 2. The van der Waals surface area contributed by atoms with Crippen LogP contribution in [0, 0.1) is 0 Å². The average Bonchev–Trinajstić information content (AvgIpc) is 3.73. The lowest BCUT2D eigenvalue weighted by Gasteiger charge is -2.28. The molecule has 0 aliphatic rings. The summed E-state index contributed by atoms with van der Waals surface area (Å²) in [5.41, 5.74) is 9.71. The number of benzene rings is 10. The number of rotatable bonds is 5.